The lowest BCUT2D eigenvalue weighted by atomic mass is 9.96. The minimum Gasteiger partial charge on any atom is -0.352 e. The van der Waals surface area contributed by atoms with Gasteiger partial charge >= 0.3 is 0 Å². The van der Waals surface area contributed by atoms with E-state index in [0.717, 1.165) is 28.3 Å². The third kappa shape index (κ3) is 5.32. The van der Waals surface area contributed by atoms with E-state index >= 15 is 0 Å². The molecule has 1 aliphatic heterocycles. The first-order valence-electron chi connectivity index (χ1n) is 13.3. The van der Waals surface area contributed by atoms with E-state index in [9.17, 15) is 4.79 Å². The number of hydrogen-bond donors (Lipinski definition) is 2. The van der Waals surface area contributed by atoms with E-state index in [1.54, 1.807) is 0 Å². The van der Waals surface area contributed by atoms with Crippen molar-refractivity contribution in [1.29, 1.82) is 0 Å². The summed E-state index contributed by atoms with van der Waals surface area (Å²) in [4.78, 5) is 19.7. The molecule has 0 radical (unpaired) electrons. The summed E-state index contributed by atoms with van der Waals surface area (Å²) in [6, 6.07) is 22.2. The molecule has 2 atom stereocenters. The van der Waals surface area contributed by atoms with Crippen molar-refractivity contribution in [1.82, 2.24) is 19.8 Å². The van der Waals surface area contributed by atoms with Crippen molar-refractivity contribution in [3.63, 3.8) is 0 Å². The van der Waals surface area contributed by atoms with Crippen molar-refractivity contribution in [2.75, 3.05) is 11.9 Å². The Balaban J connectivity index is 1.49. The van der Waals surface area contributed by atoms with Gasteiger partial charge in [0, 0.05) is 36.2 Å². The molecule has 0 saturated carbocycles. The number of carbonyl (C=O) groups is 1. The van der Waals surface area contributed by atoms with Crippen LogP contribution in [0.15, 0.2) is 72.9 Å². The predicted octanol–water partition coefficient (Wildman–Crippen LogP) is 6.42. The maximum Gasteiger partial charge on any atom is 0.226 e. The van der Waals surface area contributed by atoms with E-state index in [4.69, 9.17) is 12.2 Å². The fourth-order valence-corrected chi connectivity index (χ4v) is 5.99. The number of rotatable bonds is 7. The van der Waals surface area contributed by atoms with Crippen molar-refractivity contribution in [2.24, 2.45) is 0 Å². The summed E-state index contributed by atoms with van der Waals surface area (Å²) in [5, 5.41) is 7.17. The first kappa shape index (κ1) is 26.6. The molecule has 6 nitrogen and oxygen atoms in total. The molecule has 0 bridgehead atoms. The van der Waals surface area contributed by atoms with Gasteiger partial charge in [-0.25, -0.2) is 0 Å². The Morgan fingerprint density at radius 3 is 2.36 bits per heavy atom. The second-order valence-corrected chi connectivity index (χ2v) is 10.8. The van der Waals surface area contributed by atoms with Crippen LogP contribution < -0.4 is 10.6 Å². The highest BCUT2D eigenvalue weighted by Crippen LogP contribution is 2.42. The quantitative estimate of drug-likeness (QED) is 0.267. The van der Waals surface area contributed by atoms with E-state index in [0.29, 0.717) is 18.1 Å². The van der Waals surface area contributed by atoms with E-state index in [2.05, 4.69) is 77.0 Å². The number of hydrogen-bond acceptors (Lipinski definition) is 3. The average Bonchev–Trinajstić information content (AvgIpc) is 3.39. The van der Waals surface area contributed by atoms with Gasteiger partial charge < -0.3 is 20.1 Å². The molecule has 0 aliphatic carbocycles. The normalized spacial score (nSPS) is 16.8. The number of thiocarbonyl (C=S) groups is 1. The molecule has 0 spiro atoms. The summed E-state index contributed by atoms with van der Waals surface area (Å²) in [6.07, 6.45) is 2.13. The Kier molecular flexibility index (Phi) is 7.53. The van der Waals surface area contributed by atoms with Crippen LogP contribution in [-0.2, 0) is 4.79 Å². The number of nitrogens with one attached hydrogen (secondary N) is 2. The van der Waals surface area contributed by atoms with Crippen LogP contribution in [0.25, 0.3) is 5.69 Å². The Morgan fingerprint density at radius 2 is 1.69 bits per heavy atom. The van der Waals surface area contributed by atoms with Crippen molar-refractivity contribution in [3.8, 4) is 5.69 Å². The van der Waals surface area contributed by atoms with E-state index in [1.165, 1.54) is 22.4 Å². The lowest BCUT2D eigenvalue weighted by Crippen LogP contribution is -2.32. The zero-order chi connectivity index (χ0) is 27.7. The summed E-state index contributed by atoms with van der Waals surface area (Å²) < 4.78 is 2.35. The number of aryl methyl sites for hydroxylation is 4. The van der Waals surface area contributed by atoms with Crippen molar-refractivity contribution in [2.45, 2.75) is 53.1 Å². The predicted molar refractivity (Wildman–Crippen MR) is 161 cm³/mol. The number of carbonyl (C=O) groups excluding carboxylic acids is 1. The van der Waals surface area contributed by atoms with Gasteiger partial charge in [0.25, 0.3) is 0 Å². The first-order chi connectivity index (χ1) is 18.7. The molecule has 0 unspecified atom stereocenters. The van der Waals surface area contributed by atoms with E-state index in [-0.39, 0.29) is 18.0 Å². The zero-order valence-corrected chi connectivity index (χ0v) is 24.0. The highest BCUT2D eigenvalue weighted by atomic mass is 32.1. The van der Waals surface area contributed by atoms with E-state index in [1.807, 2.05) is 55.6 Å². The molecule has 1 fully saturated rings. The molecule has 2 aromatic heterocycles. The lowest BCUT2D eigenvalue weighted by Gasteiger charge is -2.28. The molecular weight excluding hydrogens is 502 g/mol. The van der Waals surface area contributed by atoms with Crippen LogP contribution in [0.1, 0.15) is 57.8 Å². The van der Waals surface area contributed by atoms with Crippen LogP contribution in [0.3, 0.4) is 0 Å². The molecular formula is C32H35N5OS. The summed E-state index contributed by atoms with van der Waals surface area (Å²) in [5.41, 5.74) is 10.1. The minimum absolute atomic E-state index is 0.0392. The van der Waals surface area contributed by atoms with Gasteiger partial charge in [0.05, 0.1) is 23.5 Å². The summed E-state index contributed by atoms with van der Waals surface area (Å²) in [5.74, 6) is -0.0392. The monoisotopic (exact) mass is 537 g/mol. The van der Waals surface area contributed by atoms with Crippen LogP contribution in [0.4, 0.5) is 5.69 Å². The largest absolute Gasteiger partial charge is 0.352 e. The van der Waals surface area contributed by atoms with Crippen LogP contribution >= 0.6 is 12.2 Å². The van der Waals surface area contributed by atoms with Crippen LogP contribution in [0, 0.1) is 34.6 Å². The maximum absolute atomic E-state index is 12.9. The zero-order valence-electron chi connectivity index (χ0n) is 23.2. The van der Waals surface area contributed by atoms with Gasteiger partial charge in [-0.1, -0.05) is 42.0 Å². The van der Waals surface area contributed by atoms with Gasteiger partial charge in [0.2, 0.25) is 5.91 Å². The first-order valence-corrected chi connectivity index (χ1v) is 13.8. The number of pyridine rings is 1. The number of para-hydroxylation sites is 1. The van der Waals surface area contributed by atoms with Gasteiger partial charge in [0.1, 0.15) is 0 Å². The molecule has 3 heterocycles. The molecule has 1 amide bonds. The van der Waals surface area contributed by atoms with Crippen molar-refractivity contribution in [3.05, 3.63) is 112 Å². The number of benzene rings is 2. The van der Waals surface area contributed by atoms with Crippen LogP contribution in [-0.4, -0.2) is 32.0 Å². The maximum atomic E-state index is 12.9. The van der Waals surface area contributed by atoms with Crippen LogP contribution in [0.5, 0.6) is 0 Å². The minimum atomic E-state index is -0.134. The van der Waals surface area contributed by atoms with Gasteiger partial charge in [-0.2, -0.15) is 0 Å². The highest BCUT2D eigenvalue weighted by molar-refractivity contribution is 7.80. The van der Waals surface area contributed by atoms with Crippen LogP contribution in [0.2, 0.25) is 0 Å². The molecule has 7 heteroatoms. The summed E-state index contributed by atoms with van der Waals surface area (Å²) in [7, 11) is 0. The molecule has 2 N–H and O–H groups in total. The SMILES string of the molecule is Cc1ccc(NC(=O)CCN2C(=S)N[C@@H](c3ccccn3)[C@@H]2c2cc(C)n(-c3c(C)cccc3C)c2C)cc1. The number of aromatic nitrogens is 2. The van der Waals surface area contributed by atoms with Gasteiger partial charge in [-0.05, 0) is 93.9 Å². The fourth-order valence-electron chi connectivity index (χ4n) is 5.66. The third-order valence-electron chi connectivity index (χ3n) is 7.56. The molecule has 200 valence electrons. The molecule has 1 saturated heterocycles. The Hall–Kier alpha value is -3.97. The Bertz CT molecular complexity index is 1490. The molecule has 39 heavy (non-hydrogen) atoms. The molecule has 1 aliphatic rings. The second-order valence-electron chi connectivity index (χ2n) is 10.4. The summed E-state index contributed by atoms with van der Waals surface area (Å²) in [6.45, 7) is 11.2. The Labute approximate surface area is 236 Å². The standard InChI is InChI=1S/C32H35N5OS/c1-20-12-14-25(15-13-20)34-28(38)16-18-36-31(29(35-32(36)39)27-11-6-7-17-33-27)26-19-23(4)37(24(26)5)30-21(2)9-8-10-22(30)3/h6-15,17,19,29,31H,16,18H2,1-5H3,(H,34,38)(H,35,39)/t29-,31-/m0/s1. The molecule has 2 aromatic carbocycles. The molecule has 5 rings (SSSR count). The number of nitrogens with zero attached hydrogens (tertiary/aromatic N) is 3. The highest BCUT2D eigenvalue weighted by Gasteiger charge is 2.41. The van der Waals surface area contributed by atoms with Crippen molar-refractivity contribution >= 4 is 28.9 Å². The number of amides is 1. The average molecular weight is 538 g/mol. The fraction of sp³-hybridized carbons (Fsp3) is 0.281. The third-order valence-corrected chi connectivity index (χ3v) is 7.92. The van der Waals surface area contributed by atoms with Gasteiger partial charge in [-0.3, -0.25) is 9.78 Å². The van der Waals surface area contributed by atoms with Crippen molar-refractivity contribution < 1.29 is 4.79 Å². The second kappa shape index (κ2) is 11.0. The topological polar surface area (TPSA) is 62.2 Å². The smallest absolute Gasteiger partial charge is 0.226 e. The van der Waals surface area contributed by atoms with E-state index < -0.39 is 0 Å². The summed E-state index contributed by atoms with van der Waals surface area (Å²) >= 11 is 5.86. The lowest BCUT2D eigenvalue weighted by molar-refractivity contribution is -0.116. The Morgan fingerprint density at radius 1 is 0.974 bits per heavy atom. The number of anilines is 1. The van der Waals surface area contributed by atoms with Gasteiger partial charge in [0.15, 0.2) is 5.11 Å². The van der Waals surface area contributed by atoms with Gasteiger partial charge in [-0.15, -0.1) is 0 Å². The molecule has 4 aromatic rings.